The first kappa shape index (κ1) is 16.8. The standard InChI is InChI=1S/C19H16N2O3S2/c1-11-16(26-19(21-11)15-7-4-8-25-15)10-20-18(22)14-9-12-5-3-6-13(23-2)17(12)24-14/h3-9H,10H2,1-2H3,(H,20,22). The van der Waals surface area contributed by atoms with Crippen molar-refractivity contribution in [3.05, 3.63) is 58.1 Å². The molecule has 0 radical (unpaired) electrons. The fraction of sp³-hybridized carbons (Fsp3) is 0.158. The highest BCUT2D eigenvalue weighted by atomic mass is 32.1. The molecule has 1 N–H and O–H groups in total. The maximum absolute atomic E-state index is 12.5. The second-order valence-corrected chi connectivity index (χ2v) is 7.71. The number of aryl methyl sites for hydroxylation is 1. The number of benzene rings is 1. The molecule has 0 bridgehead atoms. The van der Waals surface area contributed by atoms with Gasteiger partial charge in [0.15, 0.2) is 17.1 Å². The predicted molar refractivity (Wildman–Crippen MR) is 104 cm³/mol. The quantitative estimate of drug-likeness (QED) is 0.533. The summed E-state index contributed by atoms with van der Waals surface area (Å²) in [6.07, 6.45) is 0. The van der Waals surface area contributed by atoms with Gasteiger partial charge in [0.1, 0.15) is 5.01 Å². The van der Waals surface area contributed by atoms with E-state index in [9.17, 15) is 4.79 Å². The molecule has 0 unspecified atom stereocenters. The summed E-state index contributed by atoms with van der Waals surface area (Å²) in [6, 6.07) is 11.3. The molecule has 0 saturated heterocycles. The molecule has 0 aliphatic rings. The van der Waals surface area contributed by atoms with Crippen molar-refractivity contribution in [3.63, 3.8) is 0 Å². The molecule has 0 aliphatic carbocycles. The van der Waals surface area contributed by atoms with Gasteiger partial charge in [-0.05, 0) is 30.5 Å². The summed E-state index contributed by atoms with van der Waals surface area (Å²) in [6.45, 7) is 2.38. The summed E-state index contributed by atoms with van der Waals surface area (Å²) >= 11 is 3.26. The van der Waals surface area contributed by atoms with Crippen molar-refractivity contribution in [1.29, 1.82) is 0 Å². The number of hydrogen-bond donors (Lipinski definition) is 1. The van der Waals surface area contributed by atoms with E-state index >= 15 is 0 Å². The predicted octanol–water partition coefficient (Wildman–Crippen LogP) is 4.86. The van der Waals surface area contributed by atoms with Crippen LogP contribution in [0.25, 0.3) is 20.9 Å². The largest absolute Gasteiger partial charge is 0.493 e. The fourth-order valence-corrected chi connectivity index (χ4v) is 4.45. The van der Waals surface area contributed by atoms with Crippen LogP contribution in [0, 0.1) is 6.92 Å². The second-order valence-electron chi connectivity index (χ2n) is 5.68. The van der Waals surface area contributed by atoms with Crippen molar-refractivity contribution in [2.75, 3.05) is 7.11 Å². The third-order valence-corrected chi connectivity index (χ3v) is 6.18. The van der Waals surface area contributed by atoms with Crippen molar-refractivity contribution < 1.29 is 13.9 Å². The van der Waals surface area contributed by atoms with Crippen LogP contribution < -0.4 is 10.1 Å². The normalized spacial score (nSPS) is 11.0. The van der Waals surface area contributed by atoms with E-state index in [2.05, 4.69) is 10.3 Å². The highest BCUT2D eigenvalue weighted by molar-refractivity contribution is 7.21. The number of ether oxygens (including phenoxy) is 1. The summed E-state index contributed by atoms with van der Waals surface area (Å²) in [5.74, 6) is 0.624. The van der Waals surface area contributed by atoms with Gasteiger partial charge < -0.3 is 14.5 Å². The number of rotatable bonds is 5. The molecule has 132 valence electrons. The van der Waals surface area contributed by atoms with Crippen LogP contribution in [-0.4, -0.2) is 18.0 Å². The Balaban J connectivity index is 1.51. The van der Waals surface area contributed by atoms with Crippen molar-refractivity contribution in [3.8, 4) is 15.6 Å². The van der Waals surface area contributed by atoms with E-state index < -0.39 is 0 Å². The first-order valence-corrected chi connectivity index (χ1v) is 9.70. The smallest absolute Gasteiger partial charge is 0.287 e. The number of carbonyl (C=O) groups is 1. The summed E-state index contributed by atoms with van der Waals surface area (Å²) in [5, 5.41) is 6.76. The van der Waals surface area contributed by atoms with Gasteiger partial charge in [0, 0.05) is 10.3 Å². The van der Waals surface area contributed by atoms with Crippen LogP contribution in [0.15, 0.2) is 46.2 Å². The topological polar surface area (TPSA) is 64.4 Å². The number of hydrogen-bond acceptors (Lipinski definition) is 6. The molecule has 3 heterocycles. The zero-order valence-electron chi connectivity index (χ0n) is 14.2. The van der Waals surface area contributed by atoms with Crippen molar-refractivity contribution >= 4 is 39.5 Å². The van der Waals surface area contributed by atoms with Gasteiger partial charge in [0.05, 0.1) is 24.2 Å². The van der Waals surface area contributed by atoms with Gasteiger partial charge in [0.25, 0.3) is 5.91 Å². The molecule has 4 aromatic rings. The number of methoxy groups -OCH3 is 1. The Labute approximate surface area is 158 Å². The maximum Gasteiger partial charge on any atom is 0.287 e. The fourth-order valence-electron chi connectivity index (χ4n) is 2.65. The average Bonchev–Trinajstić information content (AvgIpc) is 3.38. The van der Waals surface area contributed by atoms with E-state index in [1.165, 1.54) is 0 Å². The lowest BCUT2D eigenvalue weighted by Crippen LogP contribution is -2.22. The number of furan rings is 1. The number of carbonyl (C=O) groups excluding carboxylic acids is 1. The van der Waals surface area contributed by atoms with E-state index in [0.29, 0.717) is 17.9 Å². The van der Waals surface area contributed by atoms with Crippen molar-refractivity contribution in [2.24, 2.45) is 0 Å². The molecule has 0 saturated carbocycles. The van der Waals surface area contributed by atoms with Gasteiger partial charge in [-0.1, -0.05) is 18.2 Å². The number of para-hydroxylation sites is 1. The van der Waals surface area contributed by atoms with Gasteiger partial charge >= 0.3 is 0 Å². The minimum absolute atomic E-state index is 0.256. The molecular weight excluding hydrogens is 368 g/mol. The number of amides is 1. The average molecular weight is 384 g/mol. The van der Waals surface area contributed by atoms with Crippen LogP contribution in [-0.2, 0) is 6.54 Å². The molecule has 0 aliphatic heterocycles. The Morgan fingerprint density at radius 2 is 2.19 bits per heavy atom. The number of thiophene rings is 1. The van der Waals surface area contributed by atoms with Crippen LogP contribution >= 0.6 is 22.7 Å². The Morgan fingerprint density at radius 3 is 2.96 bits per heavy atom. The first-order valence-electron chi connectivity index (χ1n) is 8.00. The van der Waals surface area contributed by atoms with E-state index in [1.807, 2.05) is 36.6 Å². The number of nitrogens with one attached hydrogen (secondary N) is 1. The highest BCUT2D eigenvalue weighted by Gasteiger charge is 2.16. The summed E-state index contributed by atoms with van der Waals surface area (Å²) in [7, 11) is 1.58. The van der Waals surface area contributed by atoms with E-state index in [4.69, 9.17) is 9.15 Å². The second kappa shape index (κ2) is 6.93. The highest BCUT2D eigenvalue weighted by Crippen LogP contribution is 2.31. The molecular formula is C19H16N2O3S2. The molecule has 5 nitrogen and oxygen atoms in total. The van der Waals surface area contributed by atoms with E-state index in [1.54, 1.807) is 41.9 Å². The maximum atomic E-state index is 12.5. The molecule has 0 spiro atoms. The van der Waals surface area contributed by atoms with Crippen molar-refractivity contribution in [2.45, 2.75) is 13.5 Å². The molecule has 7 heteroatoms. The number of nitrogens with zero attached hydrogens (tertiary/aromatic N) is 1. The third kappa shape index (κ3) is 3.11. The van der Waals surface area contributed by atoms with Crippen LogP contribution in [0.5, 0.6) is 5.75 Å². The molecule has 4 rings (SSSR count). The van der Waals surface area contributed by atoms with Gasteiger partial charge in [-0.25, -0.2) is 4.98 Å². The molecule has 0 fully saturated rings. The lowest BCUT2D eigenvalue weighted by atomic mass is 10.2. The van der Waals surface area contributed by atoms with Gasteiger partial charge in [-0.3, -0.25) is 4.79 Å². The lowest BCUT2D eigenvalue weighted by Gasteiger charge is -2.01. The van der Waals surface area contributed by atoms with E-state index in [-0.39, 0.29) is 11.7 Å². The Kier molecular flexibility index (Phi) is 4.48. The zero-order valence-corrected chi connectivity index (χ0v) is 15.9. The molecule has 0 atom stereocenters. The minimum atomic E-state index is -0.256. The summed E-state index contributed by atoms with van der Waals surface area (Å²) < 4.78 is 11.0. The SMILES string of the molecule is COc1cccc2cc(C(=O)NCc3sc(-c4cccs4)nc3C)oc12. The third-order valence-electron chi connectivity index (χ3n) is 3.99. The lowest BCUT2D eigenvalue weighted by molar-refractivity contribution is 0.0925. The van der Waals surface area contributed by atoms with Gasteiger partial charge in [0.2, 0.25) is 0 Å². The van der Waals surface area contributed by atoms with Gasteiger partial charge in [-0.2, -0.15) is 0 Å². The monoisotopic (exact) mass is 384 g/mol. The first-order chi connectivity index (χ1) is 12.7. The zero-order chi connectivity index (χ0) is 18.1. The van der Waals surface area contributed by atoms with E-state index in [0.717, 1.165) is 25.8 Å². The number of fused-ring (bicyclic) bond motifs is 1. The van der Waals surface area contributed by atoms with Crippen LogP contribution in [0.1, 0.15) is 21.1 Å². The van der Waals surface area contributed by atoms with Crippen LogP contribution in [0.3, 0.4) is 0 Å². The molecule has 1 aromatic carbocycles. The summed E-state index contributed by atoms with van der Waals surface area (Å²) in [4.78, 5) is 19.2. The van der Waals surface area contributed by atoms with Crippen LogP contribution in [0.2, 0.25) is 0 Å². The number of thiazole rings is 1. The van der Waals surface area contributed by atoms with Crippen molar-refractivity contribution in [1.82, 2.24) is 10.3 Å². The molecule has 26 heavy (non-hydrogen) atoms. The molecule has 3 aromatic heterocycles. The Hall–Kier alpha value is -2.64. The summed E-state index contributed by atoms with van der Waals surface area (Å²) in [5.41, 5.74) is 1.51. The minimum Gasteiger partial charge on any atom is -0.493 e. The number of aromatic nitrogens is 1. The molecule has 1 amide bonds. The Bertz CT molecular complexity index is 1060. The Morgan fingerprint density at radius 1 is 1.31 bits per heavy atom. The van der Waals surface area contributed by atoms with Gasteiger partial charge in [-0.15, -0.1) is 22.7 Å². The van der Waals surface area contributed by atoms with Crippen LogP contribution in [0.4, 0.5) is 0 Å².